The third-order valence-electron chi connectivity index (χ3n) is 4.46. The van der Waals surface area contributed by atoms with Crippen LogP contribution in [0.25, 0.3) is 6.08 Å². The van der Waals surface area contributed by atoms with E-state index in [0.29, 0.717) is 14.9 Å². The molecular formula is C22H21N3O4S3. The molecule has 1 saturated heterocycles. The number of hydrogen-bond donors (Lipinski definition) is 2. The average molecular weight is 488 g/mol. The zero-order chi connectivity index (χ0) is 23.3. The Morgan fingerprint density at radius 3 is 2.44 bits per heavy atom. The number of sulfonamides is 1. The molecule has 0 aliphatic carbocycles. The molecule has 0 saturated carbocycles. The van der Waals surface area contributed by atoms with E-state index in [1.807, 2.05) is 43.3 Å². The Morgan fingerprint density at radius 2 is 1.81 bits per heavy atom. The minimum Gasteiger partial charge on any atom is -0.326 e. The number of carbonyl (C=O) groups excluding carboxylic acids is 2. The molecule has 0 unspecified atom stereocenters. The fraction of sp³-hybridized carbons (Fsp3) is 0.136. The number of benzene rings is 2. The molecule has 1 aliphatic heterocycles. The summed E-state index contributed by atoms with van der Waals surface area (Å²) in [4.78, 5) is 26.9. The Bertz CT molecular complexity index is 1200. The lowest BCUT2D eigenvalue weighted by Crippen LogP contribution is -2.31. The number of thiocarbonyl (C=S) groups is 1. The summed E-state index contributed by atoms with van der Waals surface area (Å²) < 4.78 is 23.0. The molecule has 1 fully saturated rings. The second kappa shape index (κ2) is 10.2. The van der Waals surface area contributed by atoms with Gasteiger partial charge in [0, 0.05) is 18.7 Å². The Kier molecular flexibility index (Phi) is 7.62. The van der Waals surface area contributed by atoms with E-state index in [4.69, 9.17) is 17.4 Å². The topological polar surface area (TPSA) is 110 Å². The molecule has 0 radical (unpaired) electrons. The average Bonchev–Trinajstić information content (AvgIpc) is 2.99. The molecule has 166 valence electrons. The lowest BCUT2D eigenvalue weighted by molar-refractivity contribution is -0.122. The van der Waals surface area contributed by atoms with Crippen LogP contribution in [-0.2, 0) is 19.6 Å². The number of thioether (sulfide) groups is 1. The summed E-state index contributed by atoms with van der Waals surface area (Å²) in [6.45, 7) is 2.05. The van der Waals surface area contributed by atoms with E-state index in [1.165, 1.54) is 40.9 Å². The number of primary sulfonamides is 1. The summed E-state index contributed by atoms with van der Waals surface area (Å²) in [5.74, 6) is -0.558. The lowest BCUT2D eigenvalue weighted by Gasteiger charge is -2.14. The van der Waals surface area contributed by atoms with E-state index in [0.717, 1.165) is 11.1 Å². The van der Waals surface area contributed by atoms with E-state index >= 15 is 0 Å². The van der Waals surface area contributed by atoms with Gasteiger partial charge in [-0.25, -0.2) is 13.6 Å². The van der Waals surface area contributed by atoms with Gasteiger partial charge < -0.3 is 5.32 Å². The van der Waals surface area contributed by atoms with Crippen molar-refractivity contribution in [2.24, 2.45) is 5.14 Å². The molecule has 1 aliphatic rings. The SMILES string of the molecule is CC(=Cc1ccccc1)C=C1SC(=S)N(CCC(=O)Nc2ccc(S(N)(=O)=O)cc2)C1=O. The number of carbonyl (C=O) groups is 2. The van der Waals surface area contributed by atoms with Crippen molar-refractivity contribution in [3.8, 4) is 0 Å². The van der Waals surface area contributed by atoms with Gasteiger partial charge in [-0.2, -0.15) is 0 Å². The minimum atomic E-state index is -3.80. The molecule has 3 rings (SSSR count). The maximum absolute atomic E-state index is 12.7. The van der Waals surface area contributed by atoms with Crippen LogP contribution < -0.4 is 10.5 Å². The molecule has 32 heavy (non-hydrogen) atoms. The van der Waals surface area contributed by atoms with Crippen LogP contribution in [0.15, 0.2) is 76.0 Å². The quantitative estimate of drug-likeness (QED) is 0.457. The molecular weight excluding hydrogens is 466 g/mol. The van der Waals surface area contributed by atoms with E-state index in [-0.39, 0.29) is 29.7 Å². The Hall–Kier alpha value is -2.79. The van der Waals surface area contributed by atoms with E-state index in [2.05, 4.69) is 5.32 Å². The summed E-state index contributed by atoms with van der Waals surface area (Å²) >= 11 is 6.52. The van der Waals surface area contributed by atoms with E-state index in [9.17, 15) is 18.0 Å². The number of nitrogens with one attached hydrogen (secondary N) is 1. The molecule has 0 spiro atoms. The smallest absolute Gasteiger partial charge is 0.266 e. The fourth-order valence-electron chi connectivity index (χ4n) is 2.92. The van der Waals surface area contributed by atoms with Crippen LogP contribution in [0.2, 0.25) is 0 Å². The predicted octanol–water partition coefficient (Wildman–Crippen LogP) is 3.51. The first-order chi connectivity index (χ1) is 15.1. The van der Waals surface area contributed by atoms with Crippen LogP contribution in [0.5, 0.6) is 0 Å². The van der Waals surface area contributed by atoms with Crippen LogP contribution in [0, 0.1) is 0 Å². The summed E-state index contributed by atoms with van der Waals surface area (Å²) in [5.41, 5.74) is 2.37. The summed E-state index contributed by atoms with van der Waals surface area (Å²) in [6.07, 6.45) is 3.80. The number of nitrogens with zero attached hydrogens (tertiary/aromatic N) is 1. The van der Waals surface area contributed by atoms with Gasteiger partial charge in [0.1, 0.15) is 4.32 Å². The molecule has 2 aromatic rings. The fourth-order valence-corrected chi connectivity index (χ4v) is 4.79. The zero-order valence-electron chi connectivity index (χ0n) is 17.1. The van der Waals surface area contributed by atoms with Gasteiger partial charge in [-0.1, -0.05) is 60.4 Å². The first-order valence-corrected chi connectivity index (χ1v) is 12.3. The van der Waals surface area contributed by atoms with Crippen molar-refractivity contribution in [1.29, 1.82) is 0 Å². The number of allylic oxidation sites excluding steroid dienone is 2. The third-order valence-corrected chi connectivity index (χ3v) is 6.76. The van der Waals surface area contributed by atoms with Gasteiger partial charge in [0.15, 0.2) is 0 Å². The van der Waals surface area contributed by atoms with Gasteiger partial charge in [0.05, 0.1) is 9.80 Å². The van der Waals surface area contributed by atoms with E-state index < -0.39 is 10.0 Å². The largest absolute Gasteiger partial charge is 0.326 e. The minimum absolute atomic E-state index is 0.0372. The number of nitrogens with two attached hydrogens (primary N) is 1. The van der Waals surface area contributed by atoms with Crippen molar-refractivity contribution in [2.75, 3.05) is 11.9 Å². The van der Waals surface area contributed by atoms with Crippen molar-refractivity contribution < 1.29 is 18.0 Å². The normalized spacial score (nSPS) is 16.0. The first kappa shape index (κ1) is 23.9. The maximum Gasteiger partial charge on any atom is 0.266 e. The van der Waals surface area contributed by atoms with E-state index in [1.54, 1.807) is 6.08 Å². The molecule has 7 nitrogen and oxygen atoms in total. The second-order valence-corrected chi connectivity index (χ2v) is 10.2. The number of amides is 2. The molecule has 0 bridgehead atoms. The third kappa shape index (κ3) is 6.36. The maximum atomic E-state index is 12.7. The second-order valence-electron chi connectivity index (χ2n) is 7.00. The predicted molar refractivity (Wildman–Crippen MR) is 131 cm³/mol. The first-order valence-electron chi connectivity index (χ1n) is 9.55. The highest BCUT2D eigenvalue weighted by atomic mass is 32.2. The van der Waals surface area contributed by atoms with Crippen molar-refractivity contribution in [1.82, 2.24) is 4.90 Å². The molecule has 10 heteroatoms. The van der Waals surface area contributed by atoms with Crippen LogP contribution in [0.1, 0.15) is 18.9 Å². The van der Waals surface area contributed by atoms with Crippen molar-refractivity contribution in [3.63, 3.8) is 0 Å². The number of anilines is 1. The molecule has 0 atom stereocenters. The molecule has 2 amide bonds. The lowest BCUT2D eigenvalue weighted by atomic mass is 10.1. The molecule has 3 N–H and O–H groups in total. The Labute approximate surface area is 196 Å². The van der Waals surface area contributed by atoms with Crippen LogP contribution >= 0.6 is 24.0 Å². The highest BCUT2D eigenvalue weighted by Gasteiger charge is 2.32. The standard InChI is InChI=1S/C22H21N3O4S3/c1-15(13-16-5-3-2-4-6-16)14-19-21(27)25(22(30)31-19)12-11-20(26)24-17-7-9-18(10-8-17)32(23,28)29/h2-10,13-14H,11-12H2,1H3,(H,24,26)(H2,23,28,29). The van der Waals surface area contributed by atoms with Gasteiger partial charge in [-0.3, -0.25) is 14.5 Å². The van der Waals surface area contributed by atoms with Gasteiger partial charge in [0.2, 0.25) is 15.9 Å². The highest BCUT2D eigenvalue weighted by Crippen LogP contribution is 2.32. The van der Waals surface area contributed by atoms with Crippen molar-refractivity contribution >= 4 is 61.9 Å². The number of rotatable bonds is 7. The highest BCUT2D eigenvalue weighted by molar-refractivity contribution is 8.26. The van der Waals surface area contributed by atoms with Crippen molar-refractivity contribution in [3.05, 3.63) is 76.7 Å². The van der Waals surface area contributed by atoms with Gasteiger partial charge in [-0.05, 0) is 48.4 Å². The summed E-state index contributed by atoms with van der Waals surface area (Å²) in [5, 5.41) is 7.72. The van der Waals surface area contributed by atoms with Crippen LogP contribution in [0.4, 0.5) is 5.69 Å². The zero-order valence-corrected chi connectivity index (χ0v) is 19.6. The van der Waals surface area contributed by atoms with Gasteiger partial charge in [0.25, 0.3) is 5.91 Å². The number of hydrogen-bond acceptors (Lipinski definition) is 6. The summed E-state index contributed by atoms with van der Waals surface area (Å²) in [7, 11) is -3.80. The monoisotopic (exact) mass is 487 g/mol. The van der Waals surface area contributed by atoms with Crippen molar-refractivity contribution in [2.45, 2.75) is 18.2 Å². The van der Waals surface area contributed by atoms with Gasteiger partial charge in [-0.15, -0.1) is 0 Å². The Morgan fingerprint density at radius 1 is 1.16 bits per heavy atom. The van der Waals surface area contributed by atoms with Crippen LogP contribution in [0.3, 0.4) is 0 Å². The molecule has 0 aromatic heterocycles. The molecule has 2 aromatic carbocycles. The Balaban J connectivity index is 1.58. The van der Waals surface area contributed by atoms with Crippen LogP contribution in [-0.4, -0.2) is 36.0 Å². The summed E-state index contributed by atoms with van der Waals surface area (Å²) in [6, 6.07) is 15.3. The van der Waals surface area contributed by atoms with Gasteiger partial charge >= 0.3 is 0 Å². The molecule has 1 heterocycles.